The van der Waals surface area contributed by atoms with Crippen LogP contribution in [0.15, 0.2) is 18.3 Å². The summed E-state index contributed by atoms with van der Waals surface area (Å²) in [6, 6.07) is 2.80. The molecule has 0 aliphatic carbocycles. The predicted molar refractivity (Wildman–Crippen MR) is 63.4 cm³/mol. The Morgan fingerprint density at radius 3 is 2.58 bits per heavy atom. The largest absolute Gasteiger partial charge is 0.435 e. The van der Waals surface area contributed by atoms with Gasteiger partial charge in [0.25, 0.3) is 0 Å². The van der Waals surface area contributed by atoms with Gasteiger partial charge in [-0.15, -0.1) is 0 Å². The first-order valence-electron chi connectivity index (χ1n) is 5.77. The van der Waals surface area contributed by atoms with Crippen molar-refractivity contribution in [1.29, 1.82) is 0 Å². The Morgan fingerprint density at radius 2 is 2.05 bits per heavy atom. The van der Waals surface area contributed by atoms with Gasteiger partial charge in [0.2, 0.25) is 0 Å². The van der Waals surface area contributed by atoms with Gasteiger partial charge in [0, 0.05) is 25.9 Å². The molecule has 1 N–H and O–H groups in total. The van der Waals surface area contributed by atoms with E-state index in [0.717, 1.165) is 6.07 Å². The molecule has 8 heteroatoms. The van der Waals surface area contributed by atoms with Gasteiger partial charge in [-0.2, -0.15) is 23.4 Å². The number of rotatable bonds is 4. The minimum Gasteiger partial charge on any atom is -0.363 e. The second-order valence-electron chi connectivity index (χ2n) is 4.06. The number of aryl methyl sites for hydroxylation is 2. The van der Waals surface area contributed by atoms with Crippen molar-refractivity contribution >= 4 is 5.82 Å². The highest BCUT2D eigenvalue weighted by atomic mass is 19.4. The van der Waals surface area contributed by atoms with Crippen molar-refractivity contribution in [2.75, 3.05) is 5.32 Å². The van der Waals surface area contributed by atoms with Crippen LogP contribution in [0.1, 0.15) is 18.3 Å². The molecule has 2 aromatic rings. The molecule has 2 heterocycles. The Balaban J connectivity index is 2.13. The third-order valence-corrected chi connectivity index (χ3v) is 2.62. The minimum atomic E-state index is -4.42. The molecule has 0 saturated carbocycles. The molecule has 0 bridgehead atoms. The third-order valence-electron chi connectivity index (χ3n) is 2.62. The number of hydrogen-bond acceptors (Lipinski definition) is 3. The van der Waals surface area contributed by atoms with E-state index in [-0.39, 0.29) is 6.54 Å². The van der Waals surface area contributed by atoms with Crippen LogP contribution in [0.5, 0.6) is 0 Å². The van der Waals surface area contributed by atoms with E-state index in [1.165, 1.54) is 4.68 Å². The maximum Gasteiger partial charge on any atom is 0.435 e. The standard InChI is InChI=1S/C11H14F3N5/c1-3-19-8(6-9(16-19)11(12,13)14)7-15-10-4-5-18(2)17-10/h4-6H,3,7H2,1-2H3,(H,15,17). The average molecular weight is 273 g/mol. The second-order valence-corrected chi connectivity index (χ2v) is 4.06. The molecular weight excluding hydrogens is 259 g/mol. The maximum absolute atomic E-state index is 12.6. The molecule has 0 radical (unpaired) electrons. The van der Waals surface area contributed by atoms with Crippen molar-refractivity contribution in [2.45, 2.75) is 26.2 Å². The number of anilines is 1. The van der Waals surface area contributed by atoms with Crippen LogP contribution < -0.4 is 5.32 Å². The van der Waals surface area contributed by atoms with Crippen molar-refractivity contribution in [3.05, 3.63) is 29.7 Å². The molecule has 104 valence electrons. The lowest BCUT2D eigenvalue weighted by atomic mass is 10.3. The zero-order chi connectivity index (χ0) is 14.0. The van der Waals surface area contributed by atoms with Crippen LogP contribution >= 0.6 is 0 Å². The van der Waals surface area contributed by atoms with Crippen molar-refractivity contribution in [1.82, 2.24) is 19.6 Å². The first-order valence-corrected chi connectivity index (χ1v) is 5.77. The van der Waals surface area contributed by atoms with Gasteiger partial charge in [-0.1, -0.05) is 0 Å². The predicted octanol–water partition coefficient (Wildman–Crippen LogP) is 2.27. The van der Waals surface area contributed by atoms with Crippen molar-refractivity contribution < 1.29 is 13.2 Å². The Bertz CT molecular complexity index is 555. The maximum atomic E-state index is 12.6. The van der Waals surface area contributed by atoms with Crippen LogP contribution in [0.3, 0.4) is 0 Å². The Labute approximate surface area is 108 Å². The molecule has 0 aliphatic rings. The highest BCUT2D eigenvalue weighted by Crippen LogP contribution is 2.28. The summed E-state index contributed by atoms with van der Waals surface area (Å²) in [6.07, 6.45) is -2.67. The van der Waals surface area contributed by atoms with Gasteiger partial charge in [0.05, 0.1) is 12.2 Å². The number of aromatic nitrogens is 4. The van der Waals surface area contributed by atoms with E-state index >= 15 is 0 Å². The number of nitrogens with one attached hydrogen (secondary N) is 1. The molecule has 0 aromatic carbocycles. The number of hydrogen-bond donors (Lipinski definition) is 1. The van der Waals surface area contributed by atoms with Crippen LogP contribution in [0.2, 0.25) is 0 Å². The highest BCUT2D eigenvalue weighted by Gasteiger charge is 2.34. The number of alkyl halides is 3. The SMILES string of the molecule is CCn1nc(C(F)(F)F)cc1CNc1ccn(C)n1. The molecule has 0 atom stereocenters. The second kappa shape index (κ2) is 4.94. The Kier molecular flexibility index (Phi) is 3.50. The molecular formula is C11H14F3N5. The monoisotopic (exact) mass is 273 g/mol. The summed E-state index contributed by atoms with van der Waals surface area (Å²) >= 11 is 0. The molecule has 19 heavy (non-hydrogen) atoms. The molecule has 2 rings (SSSR count). The summed E-state index contributed by atoms with van der Waals surface area (Å²) < 4.78 is 40.7. The summed E-state index contributed by atoms with van der Waals surface area (Å²) in [7, 11) is 1.77. The van der Waals surface area contributed by atoms with Gasteiger partial charge in [0.1, 0.15) is 5.82 Å². The lowest BCUT2D eigenvalue weighted by molar-refractivity contribution is -0.141. The van der Waals surface area contributed by atoms with Crippen molar-refractivity contribution in [2.24, 2.45) is 7.05 Å². The molecule has 5 nitrogen and oxygen atoms in total. The fraction of sp³-hybridized carbons (Fsp3) is 0.455. The smallest absolute Gasteiger partial charge is 0.363 e. The van der Waals surface area contributed by atoms with E-state index < -0.39 is 11.9 Å². The zero-order valence-electron chi connectivity index (χ0n) is 10.6. The van der Waals surface area contributed by atoms with E-state index in [2.05, 4.69) is 15.5 Å². The molecule has 0 fully saturated rings. The lowest BCUT2D eigenvalue weighted by Crippen LogP contribution is -2.09. The normalized spacial score (nSPS) is 11.8. The summed E-state index contributed by atoms with van der Waals surface area (Å²) in [4.78, 5) is 0. The van der Waals surface area contributed by atoms with E-state index in [0.29, 0.717) is 18.1 Å². The van der Waals surface area contributed by atoms with Crippen LogP contribution in [0.25, 0.3) is 0 Å². The van der Waals surface area contributed by atoms with Gasteiger partial charge in [-0.3, -0.25) is 9.36 Å². The summed E-state index contributed by atoms with van der Waals surface area (Å²) in [5.74, 6) is 0.611. The summed E-state index contributed by atoms with van der Waals surface area (Å²) in [5, 5.41) is 10.6. The lowest BCUT2D eigenvalue weighted by Gasteiger charge is -2.05. The average Bonchev–Trinajstić information content (AvgIpc) is 2.91. The van der Waals surface area contributed by atoms with E-state index in [4.69, 9.17) is 0 Å². The fourth-order valence-electron chi connectivity index (χ4n) is 1.70. The fourth-order valence-corrected chi connectivity index (χ4v) is 1.70. The summed E-state index contributed by atoms with van der Waals surface area (Å²) in [6.45, 7) is 2.38. The molecule has 0 amide bonds. The van der Waals surface area contributed by atoms with Gasteiger partial charge in [0.15, 0.2) is 5.69 Å². The molecule has 0 unspecified atom stereocenters. The van der Waals surface area contributed by atoms with E-state index in [9.17, 15) is 13.2 Å². The van der Waals surface area contributed by atoms with Crippen LogP contribution in [-0.4, -0.2) is 19.6 Å². The zero-order valence-corrected chi connectivity index (χ0v) is 10.6. The molecule has 0 spiro atoms. The summed E-state index contributed by atoms with van der Waals surface area (Å²) in [5.41, 5.74) is -0.396. The topological polar surface area (TPSA) is 47.7 Å². The van der Waals surface area contributed by atoms with Crippen molar-refractivity contribution in [3.63, 3.8) is 0 Å². The molecule has 0 saturated heterocycles. The molecule has 2 aromatic heterocycles. The van der Waals surface area contributed by atoms with Gasteiger partial charge in [-0.05, 0) is 13.0 Å². The number of halogens is 3. The van der Waals surface area contributed by atoms with Crippen LogP contribution in [0.4, 0.5) is 19.0 Å². The molecule has 0 aliphatic heterocycles. The van der Waals surface area contributed by atoms with Crippen molar-refractivity contribution in [3.8, 4) is 0 Å². The third kappa shape index (κ3) is 3.07. The van der Waals surface area contributed by atoms with E-state index in [1.807, 2.05) is 0 Å². The first kappa shape index (κ1) is 13.4. The minimum absolute atomic E-state index is 0.244. The Hall–Kier alpha value is -1.99. The quantitative estimate of drug-likeness (QED) is 0.929. The highest BCUT2D eigenvalue weighted by molar-refractivity contribution is 5.33. The van der Waals surface area contributed by atoms with Gasteiger partial charge < -0.3 is 5.32 Å². The first-order chi connectivity index (χ1) is 8.90. The van der Waals surface area contributed by atoms with E-state index in [1.54, 1.807) is 30.9 Å². The van der Waals surface area contributed by atoms with Crippen LogP contribution in [0, 0.1) is 0 Å². The van der Waals surface area contributed by atoms with Gasteiger partial charge in [-0.25, -0.2) is 0 Å². The Morgan fingerprint density at radius 1 is 1.32 bits per heavy atom. The van der Waals surface area contributed by atoms with Gasteiger partial charge >= 0.3 is 6.18 Å². The van der Waals surface area contributed by atoms with Crippen LogP contribution in [-0.2, 0) is 26.3 Å². The number of nitrogens with zero attached hydrogens (tertiary/aromatic N) is 4.